The van der Waals surface area contributed by atoms with Gasteiger partial charge in [-0.2, -0.15) is 0 Å². The molecule has 2 fully saturated rings. The normalized spacial score (nSPS) is 28.0. The second-order valence-electron chi connectivity index (χ2n) is 5.31. The SMILES string of the molecule is CC1(C)CC1CNCCN1CCNC1=O. The molecule has 4 nitrogen and oxygen atoms in total. The fourth-order valence-corrected chi connectivity index (χ4v) is 2.14. The Morgan fingerprint density at radius 1 is 1.60 bits per heavy atom. The molecule has 2 rings (SSSR count). The van der Waals surface area contributed by atoms with Crippen LogP contribution in [0.4, 0.5) is 4.79 Å². The van der Waals surface area contributed by atoms with Gasteiger partial charge in [0.05, 0.1) is 0 Å². The summed E-state index contributed by atoms with van der Waals surface area (Å²) in [6, 6.07) is 0.0866. The van der Waals surface area contributed by atoms with Gasteiger partial charge >= 0.3 is 6.03 Å². The second-order valence-corrected chi connectivity index (χ2v) is 5.31. The zero-order valence-corrected chi connectivity index (χ0v) is 9.68. The average molecular weight is 211 g/mol. The summed E-state index contributed by atoms with van der Waals surface area (Å²) < 4.78 is 0. The number of hydrogen-bond acceptors (Lipinski definition) is 2. The Balaban J connectivity index is 1.54. The lowest BCUT2D eigenvalue weighted by molar-refractivity contribution is 0.217. The average Bonchev–Trinajstić information content (AvgIpc) is 2.56. The molecule has 0 aromatic carbocycles. The second kappa shape index (κ2) is 4.00. The summed E-state index contributed by atoms with van der Waals surface area (Å²) in [6.07, 6.45) is 1.34. The highest BCUT2D eigenvalue weighted by atomic mass is 16.2. The molecule has 2 aliphatic rings. The summed E-state index contributed by atoms with van der Waals surface area (Å²) >= 11 is 0. The number of nitrogens with one attached hydrogen (secondary N) is 2. The smallest absolute Gasteiger partial charge is 0.317 e. The lowest BCUT2D eigenvalue weighted by atomic mass is 10.1. The van der Waals surface area contributed by atoms with E-state index in [2.05, 4.69) is 24.5 Å². The zero-order valence-electron chi connectivity index (χ0n) is 9.68. The van der Waals surface area contributed by atoms with Crippen LogP contribution in [0.15, 0.2) is 0 Å². The molecule has 0 radical (unpaired) electrons. The van der Waals surface area contributed by atoms with Crippen molar-refractivity contribution in [2.24, 2.45) is 11.3 Å². The largest absolute Gasteiger partial charge is 0.336 e. The predicted octanol–water partition coefficient (Wildman–Crippen LogP) is 0.647. The molecule has 1 aliphatic carbocycles. The topological polar surface area (TPSA) is 44.4 Å². The molecule has 1 aliphatic heterocycles. The third kappa shape index (κ3) is 2.62. The van der Waals surface area contributed by atoms with Crippen LogP contribution in [0.5, 0.6) is 0 Å². The van der Waals surface area contributed by atoms with E-state index in [1.54, 1.807) is 0 Å². The van der Waals surface area contributed by atoms with Crippen LogP contribution in [0.25, 0.3) is 0 Å². The lowest BCUT2D eigenvalue weighted by Gasteiger charge is -2.14. The van der Waals surface area contributed by atoms with Gasteiger partial charge in [0.15, 0.2) is 0 Å². The Morgan fingerprint density at radius 2 is 2.33 bits per heavy atom. The summed E-state index contributed by atoms with van der Waals surface area (Å²) in [5, 5.41) is 6.23. The van der Waals surface area contributed by atoms with Crippen LogP contribution in [0.1, 0.15) is 20.3 Å². The molecule has 0 aromatic rings. The minimum Gasteiger partial charge on any atom is -0.336 e. The number of rotatable bonds is 5. The van der Waals surface area contributed by atoms with Crippen molar-refractivity contribution >= 4 is 6.03 Å². The summed E-state index contributed by atoms with van der Waals surface area (Å²) in [7, 11) is 0. The molecule has 1 atom stereocenters. The van der Waals surface area contributed by atoms with Gasteiger partial charge in [-0.3, -0.25) is 0 Å². The van der Waals surface area contributed by atoms with E-state index >= 15 is 0 Å². The van der Waals surface area contributed by atoms with E-state index < -0.39 is 0 Å². The molecule has 0 spiro atoms. The van der Waals surface area contributed by atoms with Gasteiger partial charge in [-0.05, 0) is 24.3 Å². The number of urea groups is 1. The number of amides is 2. The molecule has 1 unspecified atom stereocenters. The summed E-state index contributed by atoms with van der Waals surface area (Å²) in [5.74, 6) is 0.838. The highest BCUT2D eigenvalue weighted by Crippen LogP contribution is 2.50. The van der Waals surface area contributed by atoms with Crippen molar-refractivity contribution in [2.75, 3.05) is 32.7 Å². The number of carbonyl (C=O) groups excluding carboxylic acids is 1. The van der Waals surface area contributed by atoms with Crippen molar-refractivity contribution in [3.63, 3.8) is 0 Å². The molecule has 15 heavy (non-hydrogen) atoms. The Kier molecular flexibility index (Phi) is 2.87. The number of nitrogens with zero attached hydrogens (tertiary/aromatic N) is 1. The molecule has 1 heterocycles. The van der Waals surface area contributed by atoms with Crippen molar-refractivity contribution in [3.8, 4) is 0 Å². The van der Waals surface area contributed by atoms with Crippen LogP contribution in [0.2, 0.25) is 0 Å². The summed E-state index contributed by atoms with van der Waals surface area (Å²) in [6.45, 7) is 9.13. The monoisotopic (exact) mass is 211 g/mol. The maximum absolute atomic E-state index is 11.2. The minimum atomic E-state index is 0.0866. The molecule has 0 bridgehead atoms. The molecule has 2 N–H and O–H groups in total. The maximum Gasteiger partial charge on any atom is 0.317 e. The molecule has 0 aromatic heterocycles. The van der Waals surface area contributed by atoms with E-state index in [0.29, 0.717) is 5.41 Å². The van der Waals surface area contributed by atoms with Crippen LogP contribution in [0.3, 0.4) is 0 Å². The summed E-state index contributed by atoms with van der Waals surface area (Å²) in [4.78, 5) is 13.1. The quantitative estimate of drug-likeness (QED) is 0.656. The third-order valence-corrected chi connectivity index (χ3v) is 3.61. The van der Waals surface area contributed by atoms with Gasteiger partial charge in [0.2, 0.25) is 0 Å². The molecular formula is C11H21N3O. The van der Waals surface area contributed by atoms with Gasteiger partial charge in [0.1, 0.15) is 0 Å². The van der Waals surface area contributed by atoms with Crippen LogP contribution in [0, 0.1) is 11.3 Å². The molecule has 86 valence electrons. The van der Waals surface area contributed by atoms with Gasteiger partial charge in [0, 0.05) is 26.2 Å². The van der Waals surface area contributed by atoms with Crippen molar-refractivity contribution in [2.45, 2.75) is 20.3 Å². The van der Waals surface area contributed by atoms with Crippen molar-refractivity contribution in [1.29, 1.82) is 0 Å². The van der Waals surface area contributed by atoms with E-state index in [4.69, 9.17) is 0 Å². The minimum absolute atomic E-state index is 0.0866. The highest BCUT2D eigenvalue weighted by Gasteiger charge is 2.44. The van der Waals surface area contributed by atoms with Gasteiger partial charge < -0.3 is 15.5 Å². The van der Waals surface area contributed by atoms with E-state index in [9.17, 15) is 4.79 Å². The fraction of sp³-hybridized carbons (Fsp3) is 0.909. The van der Waals surface area contributed by atoms with Crippen LogP contribution >= 0.6 is 0 Å². The first-order chi connectivity index (χ1) is 7.09. The van der Waals surface area contributed by atoms with Crippen LogP contribution < -0.4 is 10.6 Å². The molecular weight excluding hydrogens is 190 g/mol. The number of hydrogen-bond donors (Lipinski definition) is 2. The Hall–Kier alpha value is -0.770. The first-order valence-electron chi connectivity index (χ1n) is 5.83. The predicted molar refractivity (Wildman–Crippen MR) is 59.7 cm³/mol. The Morgan fingerprint density at radius 3 is 2.87 bits per heavy atom. The first-order valence-corrected chi connectivity index (χ1v) is 5.83. The summed E-state index contributed by atoms with van der Waals surface area (Å²) in [5.41, 5.74) is 0.554. The van der Waals surface area contributed by atoms with Crippen molar-refractivity contribution < 1.29 is 4.79 Å². The Bertz CT molecular complexity index is 252. The van der Waals surface area contributed by atoms with Gasteiger partial charge in [-0.25, -0.2) is 4.79 Å². The van der Waals surface area contributed by atoms with Gasteiger partial charge in [-0.1, -0.05) is 13.8 Å². The maximum atomic E-state index is 11.2. The van der Waals surface area contributed by atoms with E-state index in [1.807, 2.05) is 4.90 Å². The molecule has 1 saturated carbocycles. The number of carbonyl (C=O) groups is 1. The fourth-order valence-electron chi connectivity index (χ4n) is 2.14. The molecule has 2 amide bonds. The van der Waals surface area contributed by atoms with Gasteiger partial charge in [0.25, 0.3) is 0 Å². The van der Waals surface area contributed by atoms with E-state index in [0.717, 1.165) is 38.6 Å². The zero-order chi connectivity index (χ0) is 10.9. The van der Waals surface area contributed by atoms with Crippen LogP contribution in [-0.2, 0) is 0 Å². The Labute approximate surface area is 91.4 Å². The van der Waals surface area contributed by atoms with Crippen molar-refractivity contribution in [3.05, 3.63) is 0 Å². The van der Waals surface area contributed by atoms with E-state index in [-0.39, 0.29) is 6.03 Å². The lowest BCUT2D eigenvalue weighted by Crippen LogP contribution is -2.35. The van der Waals surface area contributed by atoms with Gasteiger partial charge in [-0.15, -0.1) is 0 Å². The van der Waals surface area contributed by atoms with Crippen molar-refractivity contribution in [1.82, 2.24) is 15.5 Å². The standard InChI is InChI=1S/C11H21N3O/c1-11(2)7-9(11)8-12-3-5-14-6-4-13-10(14)15/h9,12H,3-8H2,1-2H3,(H,13,15). The molecule has 4 heteroatoms. The molecule has 1 saturated heterocycles. The third-order valence-electron chi connectivity index (χ3n) is 3.61. The van der Waals surface area contributed by atoms with E-state index in [1.165, 1.54) is 6.42 Å². The van der Waals surface area contributed by atoms with Crippen LogP contribution in [-0.4, -0.2) is 43.7 Å². The first kappa shape index (κ1) is 10.7. The highest BCUT2D eigenvalue weighted by molar-refractivity contribution is 5.76.